The van der Waals surface area contributed by atoms with Crippen LogP contribution in [0.15, 0.2) is 42.5 Å². The fourth-order valence-corrected chi connectivity index (χ4v) is 2.14. The van der Waals surface area contributed by atoms with E-state index in [1.54, 1.807) is 36.4 Å². The van der Waals surface area contributed by atoms with Crippen LogP contribution in [0.3, 0.4) is 0 Å². The lowest BCUT2D eigenvalue weighted by molar-refractivity contribution is -0.118. The van der Waals surface area contributed by atoms with Crippen molar-refractivity contribution in [1.82, 2.24) is 0 Å². The van der Waals surface area contributed by atoms with Crippen LogP contribution in [0.1, 0.15) is 15.9 Å². The van der Waals surface area contributed by atoms with Crippen molar-refractivity contribution in [3.63, 3.8) is 0 Å². The molecule has 1 amide bonds. The molecule has 0 bridgehead atoms. The lowest BCUT2D eigenvalue weighted by Gasteiger charge is -2.09. The molecule has 2 aromatic rings. The molecule has 0 saturated carbocycles. The van der Waals surface area contributed by atoms with Crippen molar-refractivity contribution in [2.45, 2.75) is 6.92 Å². The van der Waals surface area contributed by atoms with E-state index in [1.807, 2.05) is 13.0 Å². The third-order valence-electron chi connectivity index (χ3n) is 3.04. The van der Waals surface area contributed by atoms with E-state index in [0.29, 0.717) is 22.0 Å². The summed E-state index contributed by atoms with van der Waals surface area (Å²) >= 11 is 6.05. The van der Waals surface area contributed by atoms with Gasteiger partial charge in [0.2, 0.25) is 0 Å². The number of carbonyl (C=O) groups excluding carboxylic acids is 2. The van der Waals surface area contributed by atoms with Crippen molar-refractivity contribution in [3.05, 3.63) is 58.6 Å². The number of amides is 1. The Hall–Kier alpha value is -2.53. The zero-order valence-corrected chi connectivity index (χ0v) is 13.5. The molecule has 0 atom stereocenters. The summed E-state index contributed by atoms with van der Waals surface area (Å²) in [6, 6.07) is 11.7. The highest BCUT2D eigenvalue weighted by atomic mass is 35.5. The summed E-state index contributed by atoms with van der Waals surface area (Å²) in [6.45, 7) is 1.75. The summed E-state index contributed by atoms with van der Waals surface area (Å²) in [5, 5.41) is 3.15. The molecule has 0 aliphatic carbocycles. The van der Waals surface area contributed by atoms with Crippen LogP contribution in [0.4, 0.5) is 5.69 Å². The zero-order valence-electron chi connectivity index (χ0n) is 12.8. The standard InChI is InChI=1S/C17H16ClNO4/c1-11-3-8-15(14(18)9-11)19-16(20)10-23-13-6-4-12(5-7-13)17(21)22-2/h3-9H,10H2,1-2H3,(H,19,20). The van der Waals surface area contributed by atoms with Crippen molar-refractivity contribution in [2.75, 3.05) is 19.0 Å². The summed E-state index contributed by atoms with van der Waals surface area (Å²) in [6.07, 6.45) is 0. The van der Waals surface area contributed by atoms with Gasteiger partial charge >= 0.3 is 5.97 Å². The second kappa shape index (κ2) is 7.65. The molecule has 2 aromatic carbocycles. The van der Waals surface area contributed by atoms with Gasteiger partial charge in [0.25, 0.3) is 5.91 Å². The number of hydrogen-bond donors (Lipinski definition) is 1. The SMILES string of the molecule is COC(=O)c1ccc(OCC(=O)Nc2ccc(C)cc2Cl)cc1. The van der Waals surface area contributed by atoms with E-state index >= 15 is 0 Å². The van der Waals surface area contributed by atoms with Gasteiger partial charge < -0.3 is 14.8 Å². The van der Waals surface area contributed by atoms with Gasteiger partial charge in [-0.1, -0.05) is 17.7 Å². The molecule has 0 aliphatic heterocycles. The van der Waals surface area contributed by atoms with Crippen LogP contribution in [-0.4, -0.2) is 25.6 Å². The van der Waals surface area contributed by atoms with Crippen molar-refractivity contribution in [1.29, 1.82) is 0 Å². The normalized spacial score (nSPS) is 10.0. The summed E-state index contributed by atoms with van der Waals surface area (Å²) < 4.78 is 9.97. The average molecular weight is 334 g/mol. The Bertz CT molecular complexity index is 713. The van der Waals surface area contributed by atoms with E-state index in [9.17, 15) is 9.59 Å². The maximum absolute atomic E-state index is 11.9. The molecule has 0 unspecified atom stereocenters. The van der Waals surface area contributed by atoms with Crippen molar-refractivity contribution in [3.8, 4) is 5.75 Å². The van der Waals surface area contributed by atoms with Crippen molar-refractivity contribution >= 4 is 29.2 Å². The summed E-state index contributed by atoms with van der Waals surface area (Å²) in [5.74, 6) is -0.279. The number of benzene rings is 2. The maximum Gasteiger partial charge on any atom is 0.337 e. The number of rotatable bonds is 5. The zero-order chi connectivity index (χ0) is 16.8. The molecule has 0 radical (unpaired) electrons. The van der Waals surface area contributed by atoms with Crippen LogP contribution in [0.2, 0.25) is 5.02 Å². The topological polar surface area (TPSA) is 64.6 Å². The predicted octanol–water partition coefficient (Wildman–Crippen LogP) is 3.45. The Morgan fingerprint density at radius 3 is 2.43 bits per heavy atom. The number of esters is 1. The number of methoxy groups -OCH3 is 1. The Labute approximate surface area is 139 Å². The number of halogens is 1. The lowest BCUT2D eigenvalue weighted by atomic mass is 10.2. The summed E-state index contributed by atoms with van der Waals surface area (Å²) in [7, 11) is 1.31. The molecule has 0 fully saturated rings. The number of hydrogen-bond acceptors (Lipinski definition) is 4. The van der Waals surface area contributed by atoms with E-state index in [-0.39, 0.29) is 12.5 Å². The van der Waals surface area contributed by atoms with Gasteiger partial charge in [-0.2, -0.15) is 0 Å². The van der Waals surface area contributed by atoms with Crippen molar-refractivity contribution < 1.29 is 19.1 Å². The van der Waals surface area contributed by atoms with Gasteiger partial charge in [-0.05, 0) is 48.9 Å². The van der Waals surface area contributed by atoms with Gasteiger partial charge in [-0.15, -0.1) is 0 Å². The number of nitrogens with one attached hydrogen (secondary N) is 1. The van der Waals surface area contributed by atoms with Crippen LogP contribution < -0.4 is 10.1 Å². The molecule has 2 rings (SSSR count). The fraction of sp³-hybridized carbons (Fsp3) is 0.176. The second-order valence-electron chi connectivity index (χ2n) is 4.84. The summed E-state index contributed by atoms with van der Waals surface area (Å²) in [4.78, 5) is 23.2. The minimum absolute atomic E-state index is 0.165. The first-order chi connectivity index (χ1) is 11.0. The Kier molecular flexibility index (Phi) is 5.60. The molecule has 0 heterocycles. The first kappa shape index (κ1) is 16.8. The molecular weight excluding hydrogens is 318 g/mol. The third kappa shape index (κ3) is 4.72. The van der Waals surface area contributed by atoms with Crippen molar-refractivity contribution in [2.24, 2.45) is 0 Å². The first-order valence-electron chi connectivity index (χ1n) is 6.87. The monoisotopic (exact) mass is 333 g/mol. The minimum Gasteiger partial charge on any atom is -0.484 e. The first-order valence-corrected chi connectivity index (χ1v) is 7.24. The largest absolute Gasteiger partial charge is 0.484 e. The van der Waals surface area contributed by atoms with E-state index in [4.69, 9.17) is 16.3 Å². The number of anilines is 1. The average Bonchev–Trinajstić information content (AvgIpc) is 2.55. The Morgan fingerprint density at radius 2 is 1.83 bits per heavy atom. The van der Waals surface area contributed by atoms with Gasteiger partial charge in [-0.3, -0.25) is 4.79 Å². The van der Waals surface area contributed by atoms with E-state index in [1.165, 1.54) is 7.11 Å². The third-order valence-corrected chi connectivity index (χ3v) is 3.36. The molecule has 5 nitrogen and oxygen atoms in total. The molecule has 0 spiro atoms. The Morgan fingerprint density at radius 1 is 1.13 bits per heavy atom. The molecule has 1 N–H and O–H groups in total. The molecule has 120 valence electrons. The molecular formula is C17H16ClNO4. The quantitative estimate of drug-likeness (QED) is 0.851. The van der Waals surface area contributed by atoms with E-state index in [2.05, 4.69) is 10.1 Å². The highest BCUT2D eigenvalue weighted by Gasteiger charge is 2.08. The highest BCUT2D eigenvalue weighted by Crippen LogP contribution is 2.22. The van der Waals surface area contributed by atoms with E-state index < -0.39 is 5.97 Å². The predicted molar refractivity (Wildman–Crippen MR) is 88.1 cm³/mol. The fourth-order valence-electron chi connectivity index (χ4n) is 1.86. The summed E-state index contributed by atoms with van der Waals surface area (Å²) in [5.41, 5.74) is 1.96. The van der Waals surface area contributed by atoms with Crippen LogP contribution in [0, 0.1) is 6.92 Å². The van der Waals surface area contributed by atoms with Crippen LogP contribution in [-0.2, 0) is 9.53 Å². The Balaban J connectivity index is 1.90. The van der Waals surface area contributed by atoms with Gasteiger partial charge in [0.15, 0.2) is 6.61 Å². The van der Waals surface area contributed by atoms with Gasteiger partial charge in [-0.25, -0.2) is 4.79 Å². The second-order valence-corrected chi connectivity index (χ2v) is 5.24. The molecule has 0 saturated heterocycles. The number of ether oxygens (including phenoxy) is 2. The van der Waals surface area contributed by atoms with Crippen LogP contribution in [0.25, 0.3) is 0 Å². The van der Waals surface area contributed by atoms with Gasteiger partial charge in [0.05, 0.1) is 23.4 Å². The maximum atomic E-state index is 11.9. The van der Waals surface area contributed by atoms with Crippen LogP contribution >= 0.6 is 11.6 Å². The molecule has 0 aromatic heterocycles. The number of aryl methyl sites for hydroxylation is 1. The molecule has 0 aliphatic rings. The smallest absolute Gasteiger partial charge is 0.337 e. The van der Waals surface area contributed by atoms with Crippen LogP contribution in [0.5, 0.6) is 5.75 Å². The highest BCUT2D eigenvalue weighted by molar-refractivity contribution is 6.33. The lowest BCUT2D eigenvalue weighted by Crippen LogP contribution is -2.20. The van der Waals surface area contributed by atoms with Gasteiger partial charge in [0, 0.05) is 0 Å². The molecule has 23 heavy (non-hydrogen) atoms. The molecule has 6 heteroatoms. The van der Waals surface area contributed by atoms with E-state index in [0.717, 1.165) is 5.56 Å². The number of carbonyl (C=O) groups is 2. The minimum atomic E-state index is -0.427. The van der Waals surface area contributed by atoms with Gasteiger partial charge in [0.1, 0.15) is 5.75 Å².